The quantitative estimate of drug-likeness (QED) is 0.0212. The van der Waals surface area contributed by atoms with Crippen LogP contribution < -0.4 is 36.9 Å². The predicted octanol–water partition coefficient (Wildman–Crippen LogP) is 6.62. The number of nitrogens with two attached hydrogens (primary N) is 2. The summed E-state index contributed by atoms with van der Waals surface area (Å²) in [4.78, 5) is 57.4. The monoisotopic (exact) mass is 1160 g/mol. The van der Waals surface area contributed by atoms with Crippen LogP contribution in [0.15, 0.2) is 72.8 Å². The minimum Gasteiger partial charge on any atom is -0.486 e. The van der Waals surface area contributed by atoms with Gasteiger partial charge in [0, 0.05) is 57.8 Å². The molecule has 2 saturated heterocycles. The van der Waals surface area contributed by atoms with Crippen molar-refractivity contribution >= 4 is 29.3 Å². The standard InChI is InChI=1S/C19H28N2O6.C17H27NO4.C16H26N2O4.C6H11NO2.C2H6/c1-12(2)10-15(20-5)19(17(22)23)26-11-18(3,4)16(27-19)13-8-6-7-9-14(13)21(24)25;1-2-15-5-7-17(8-6-15)22-14-16(19)4-3-10-20-12-13-21-11-9-18;1-2-14-3-5-15(6-4-14)22-13-16(19)18-8-10-21-12-11-20-9-7-17;1-7-6(8)5-2-3-9-4-5;1-2/h6-9,12,15-16,20H,10-11H2,1-5H3,(H,22,23);5-8H,2-4,9-14,18H2,1H3;3-6H,2,7-13,17H2,1H3,(H,18,19);5H,2-4H2,1H3,(H,7,8);1-2H3/t15-,16?,19?;;;5-;/m0..1./s1. The van der Waals surface area contributed by atoms with Crippen molar-refractivity contribution in [2.75, 3.05) is 120 Å². The van der Waals surface area contributed by atoms with Gasteiger partial charge in [-0.05, 0) is 86.5 Å². The molecule has 2 unspecified atom stereocenters. The van der Waals surface area contributed by atoms with Gasteiger partial charge in [-0.2, -0.15) is 0 Å². The van der Waals surface area contributed by atoms with Gasteiger partial charge >= 0.3 is 5.97 Å². The average molecular weight is 1160 g/mol. The fraction of sp³-hybridized carbons (Fsp3) is 0.633. The Morgan fingerprint density at radius 3 is 1.79 bits per heavy atom. The zero-order valence-corrected chi connectivity index (χ0v) is 50.5. The number of rotatable bonds is 33. The van der Waals surface area contributed by atoms with E-state index in [2.05, 4.69) is 29.8 Å². The third kappa shape index (κ3) is 29.5. The van der Waals surface area contributed by atoms with Crippen molar-refractivity contribution in [1.29, 1.82) is 0 Å². The van der Waals surface area contributed by atoms with Crippen molar-refractivity contribution in [3.63, 3.8) is 0 Å². The lowest BCUT2D eigenvalue weighted by atomic mass is 9.80. The fourth-order valence-corrected chi connectivity index (χ4v) is 7.94. The number of likely N-dealkylation sites (N-methyl/N-ethyl adjacent to an activating group) is 1. The number of nitrogens with one attached hydrogen (secondary N) is 3. The van der Waals surface area contributed by atoms with Gasteiger partial charge < -0.3 is 75.2 Å². The number of nitro groups is 1. The van der Waals surface area contributed by atoms with Crippen molar-refractivity contribution in [3.05, 3.63) is 99.6 Å². The lowest BCUT2D eigenvalue weighted by molar-refractivity contribution is -0.389. The number of para-hydroxylation sites is 1. The second-order valence-corrected chi connectivity index (χ2v) is 19.8. The van der Waals surface area contributed by atoms with E-state index in [1.165, 1.54) is 17.2 Å². The Hall–Kier alpha value is -5.66. The lowest BCUT2D eigenvalue weighted by Gasteiger charge is -2.49. The summed E-state index contributed by atoms with van der Waals surface area (Å²) >= 11 is 0. The Bertz CT molecular complexity index is 2120. The molecule has 2 heterocycles. The molecule has 0 bridgehead atoms. The Balaban J connectivity index is 0.000000565. The van der Waals surface area contributed by atoms with E-state index in [1.54, 1.807) is 32.3 Å². The molecule has 22 heteroatoms. The first-order valence-corrected chi connectivity index (χ1v) is 28.6. The number of nitro benzene ring substituents is 1. The normalized spacial score (nSPS) is 17.1. The number of amides is 2. The van der Waals surface area contributed by atoms with Crippen LogP contribution in [-0.4, -0.2) is 165 Å². The molecule has 82 heavy (non-hydrogen) atoms. The topological polar surface area (TPSA) is 303 Å². The van der Waals surface area contributed by atoms with Gasteiger partial charge in [0.2, 0.25) is 5.91 Å². The van der Waals surface area contributed by atoms with Crippen molar-refractivity contribution in [2.24, 2.45) is 28.7 Å². The van der Waals surface area contributed by atoms with Crippen LogP contribution >= 0.6 is 0 Å². The van der Waals surface area contributed by atoms with E-state index >= 15 is 0 Å². The summed E-state index contributed by atoms with van der Waals surface area (Å²) < 4.78 is 48.8. The Labute approximate surface area is 486 Å². The zero-order chi connectivity index (χ0) is 61.2. The van der Waals surface area contributed by atoms with Crippen LogP contribution in [0.25, 0.3) is 0 Å². The molecule has 2 amide bonds. The number of Topliss-reactive ketones (excluding diaryl/α,β-unsaturated/α-hetero) is 1. The van der Waals surface area contributed by atoms with Crippen LogP contribution in [-0.2, 0) is 65.2 Å². The molecule has 2 aliphatic heterocycles. The van der Waals surface area contributed by atoms with Gasteiger partial charge in [0.25, 0.3) is 17.4 Å². The van der Waals surface area contributed by atoms with Crippen LogP contribution in [0.4, 0.5) is 5.69 Å². The van der Waals surface area contributed by atoms with E-state index in [9.17, 15) is 34.4 Å². The number of ketones is 1. The molecular formula is C60H98N6O16. The molecule has 0 aliphatic carbocycles. The maximum Gasteiger partial charge on any atom is 0.366 e. The largest absolute Gasteiger partial charge is 0.486 e. The molecule has 3 aromatic rings. The van der Waals surface area contributed by atoms with Crippen LogP contribution in [0, 0.1) is 27.4 Å². The summed E-state index contributed by atoms with van der Waals surface area (Å²) in [5.41, 5.74) is 12.7. The first kappa shape index (κ1) is 74.4. The summed E-state index contributed by atoms with van der Waals surface area (Å²) in [6, 6.07) is 21.2. The smallest absolute Gasteiger partial charge is 0.366 e. The van der Waals surface area contributed by atoms with E-state index in [1.807, 2.05) is 90.1 Å². The van der Waals surface area contributed by atoms with Gasteiger partial charge in [0.05, 0.1) is 81.9 Å². The number of hydrogen-bond donors (Lipinski definition) is 6. The molecular weight excluding hydrogens is 1060 g/mol. The van der Waals surface area contributed by atoms with E-state index in [4.69, 9.17) is 54.1 Å². The molecule has 0 aromatic heterocycles. The third-order valence-electron chi connectivity index (χ3n) is 12.5. The van der Waals surface area contributed by atoms with Gasteiger partial charge in [-0.1, -0.05) is 91.8 Å². The molecule has 5 rings (SSSR count). The fourth-order valence-electron chi connectivity index (χ4n) is 7.94. The number of ether oxygens (including phenoxy) is 9. The summed E-state index contributed by atoms with van der Waals surface area (Å²) in [6.07, 6.45) is 3.72. The molecule has 464 valence electrons. The van der Waals surface area contributed by atoms with Crippen LogP contribution in [0.2, 0.25) is 0 Å². The Morgan fingerprint density at radius 2 is 1.32 bits per heavy atom. The summed E-state index contributed by atoms with van der Waals surface area (Å²) in [5, 5.41) is 29.8. The number of hydrogen-bond acceptors (Lipinski definition) is 18. The summed E-state index contributed by atoms with van der Waals surface area (Å²) in [7, 11) is 3.31. The molecule has 2 aliphatic rings. The minimum absolute atomic E-state index is 0.00504. The highest BCUT2D eigenvalue weighted by Crippen LogP contribution is 2.48. The number of carboxylic acids is 1. The number of carboxylic acid groups (broad SMARTS) is 1. The van der Waals surface area contributed by atoms with Crippen LogP contribution in [0.1, 0.15) is 104 Å². The van der Waals surface area contributed by atoms with Gasteiger partial charge in [-0.15, -0.1) is 0 Å². The molecule has 3 aromatic carbocycles. The van der Waals surface area contributed by atoms with Gasteiger partial charge in [-0.25, -0.2) is 4.79 Å². The lowest BCUT2D eigenvalue weighted by Crippen LogP contribution is -2.64. The minimum atomic E-state index is -1.93. The predicted molar refractivity (Wildman–Crippen MR) is 315 cm³/mol. The summed E-state index contributed by atoms with van der Waals surface area (Å²) in [6.45, 7) is 23.1. The number of carbonyl (C=O) groups excluding carboxylic acids is 3. The number of aliphatic carboxylic acids is 1. The molecule has 4 atom stereocenters. The molecule has 0 radical (unpaired) electrons. The number of carbonyl (C=O) groups is 4. The third-order valence-corrected chi connectivity index (χ3v) is 12.5. The van der Waals surface area contributed by atoms with Gasteiger partial charge in [0.1, 0.15) is 24.2 Å². The first-order valence-electron chi connectivity index (χ1n) is 28.6. The Kier molecular flexibility index (Phi) is 39.8. The van der Waals surface area contributed by atoms with Crippen molar-refractivity contribution in [2.45, 2.75) is 112 Å². The van der Waals surface area contributed by atoms with Gasteiger partial charge in [0.15, 0.2) is 12.4 Å². The molecule has 22 nitrogen and oxygen atoms in total. The van der Waals surface area contributed by atoms with Crippen LogP contribution in [0.5, 0.6) is 11.5 Å². The van der Waals surface area contributed by atoms with Crippen molar-refractivity contribution in [3.8, 4) is 11.5 Å². The molecule has 2 fully saturated rings. The van der Waals surface area contributed by atoms with E-state index in [0.717, 1.165) is 31.6 Å². The molecule has 8 N–H and O–H groups in total. The first-order chi connectivity index (χ1) is 39.4. The second kappa shape index (κ2) is 43.9. The highest BCUT2D eigenvalue weighted by atomic mass is 16.7. The van der Waals surface area contributed by atoms with Crippen molar-refractivity contribution < 1.29 is 71.8 Å². The van der Waals surface area contributed by atoms with E-state index in [0.29, 0.717) is 110 Å². The highest BCUT2D eigenvalue weighted by molar-refractivity contribution is 5.80. The highest BCUT2D eigenvalue weighted by Gasteiger charge is 2.57. The van der Waals surface area contributed by atoms with Crippen molar-refractivity contribution in [1.82, 2.24) is 16.0 Å². The zero-order valence-electron chi connectivity index (χ0n) is 50.5. The van der Waals surface area contributed by atoms with Crippen LogP contribution in [0.3, 0.4) is 0 Å². The number of nitrogens with zero attached hydrogens (tertiary/aromatic N) is 1. The SMILES string of the molecule is CC.CCc1ccc(OCC(=O)CCCOCCOCCN)cc1.CCc1ccc(OCC(=O)NCCOCCOCCN)cc1.CNC(=O)[C@@H]1CCOC1.CN[C@@H](CC(C)C)C1(C(=O)O)OCC(C)(C)C(c2ccccc2[N+](=O)[O-])O1. The van der Waals surface area contributed by atoms with Gasteiger partial charge in [-0.3, -0.25) is 24.5 Å². The van der Waals surface area contributed by atoms with E-state index in [-0.39, 0.29) is 54.9 Å². The average Bonchev–Trinajstić information content (AvgIpc) is 4.18. The molecule has 0 saturated carbocycles. The van der Waals surface area contributed by atoms with E-state index < -0.39 is 34.2 Å². The number of benzene rings is 3. The maximum absolute atomic E-state index is 12.2. The maximum atomic E-state index is 12.2. The summed E-state index contributed by atoms with van der Waals surface area (Å²) in [5.74, 6) is -1.41. The Morgan fingerprint density at radius 1 is 0.780 bits per heavy atom. The molecule has 0 spiro atoms. The number of aryl methyl sites for hydroxylation is 2. The second-order valence-electron chi connectivity index (χ2n) is 19.8.